The summed E-state index contributed by atoms with van der Waals surface area (Å²) in [7, 11) is 2.06. The lowest BCUT2D eigenvalue weighted by Gasteiger charge is -2.51. The van der Waals surface area contributed by atoms with Crippen LogP contribution in [0.25, 0.3) is 0 Å². The minimum atomic E-state index is -0.439. The topological polar surface area (TPSA) is 56.8 Å². The van der Waals surface area contributed by atoms with E-state index in [2.05, 4.69) is 16.9 Å². The van der Waals surface area contributed by atoms with Gasteiger partial charge in [-0.05, 0) is 50.4 Å². The third kappa shape index (κ3) is 3.03. The van der Waals surface area contributed by atoms with E-state index in [-0.39, 0.29) is 11.8 Å². The number of hydrogen-bond acceptors (Lipinski definition) is 4. The van der Waals surface area contributed by atoms with Crippen LogP contribution in [0.2, 0.25) is 0 Å². The van der Waals surface area contributed by atoms with Crippen molar-refractivity contribution in [3.63, 3.8) is 0 Å². The molecule has 0 radical (unpaired) electrons. The Kier molecular flexibility index (Phi) is 4.23. The molecule has 2 amide bonds. The number of amides is 2. The van der Waals surface area contributed by atoms with Crippen molar-refractivity contribution in [2.75, 3.05) is 33.2 Å². The summed E-state index contributed by atoms with van der Waals surface area (Å²) in [5.74, 6) is 0.781. The summed E-state index contributed by atoms with van der Waals surface area (Å²) in [4.78, 5) is 35.8. The van der Waals surface area contributed by atoms with Crippen LogP contribution >= 0.6 is 0 Å². The number of aromatic nitrogens is 1. The number of likely N-dealkylation sites (tertiary alicyclic amines) is 1. The molecule has 25 heavy (non-hydrogen) atoms. The fourth-order valence-corrected chi connectivity index (χ4v) is 4.18. The molecule has 3 fully saturated rings. The molecule has 0 N–H and O–H groups in total. The maximum atomic E-state index is 13.3. The predicted octanol–water partition coefficient (Wildman–Crippen LogP) is 1.13. The molecule has 3 heterocycles. The van der Waals surface area contributed by atoms with Crippen LogP contribution in [-0.2, 0) is 16.1 Å². The third-order valence-electron chi connectivity index (χ3n) is 6.07. The number of carbonyl (C=O) groups is 2. The van der Waals surface area contributed by atoms with Gasteiger partial charge in [-0.15, -0.1) is 0 Å². The van der Waals surface area contributed by atoms with Crippen LogP contribution in [0.15, 0.2) is 24.5 Å². The van der Waals surface area contributed by atoms with Crippen molar-refractivity contribution in [3.05, 3.63) is 30.1 Å². The molecule has 1 aromatic heterocycles. The van der Waals surface area contributed by atoms with Gasteiger partial charge >= 0.3 is 0 Å². The van der Waals surface area contributed by atoms with Gasteiger partial charge in [-0.2, -0.15) is 0 Å². The molecule has 2 aliphatic heterocycles. The first-order valence-corrected chi connectivity index (χ1v) is 9.28. The van der Waals surface area contributed by atoms with E-state index in [1.807, 2.05) is 21.9 Å². The quantitative estimate of drug-likeness (QED) is 0.826. The number of rotatable bonds is 3. The van der Waals surface area contributed by atoms with E-state index in [0.717, 1.165) is 44.3 Å². The Bertz CT molecular complexity index is 651. The van der Waals surface area contributed by atoms with Crippen molar-refractivity contribution in [2.24, 2.45) is 5.92 Å². The van der Waals surface area contributed by atoms with E-state index in [0.29, 0.717) is 25.5 Å². The number of likely N-dealkylation sites (N-methyl/N-ethyl adjacent to an activating group) is 1. The zero-order valence-electron chi connectivity index (χ0n) is 14.9. The molecule has 0 bridgehead atoms. The monoisotopic (exact) mass is 342 g/mol. The maximum Gasteiger partial charge on any atom is 0.243 e. The molecule has 1 aromatic rings. The standard InChI is InChI=1S/C19H26N4O2/c1-21-12-13-23(14-15-4-8-20-9-5-15)18(25)19(21)6-10-22(11-7-19)17(24)16-2-3-16/h4-5,8-9,16H,2-3,6-7,10-14H2,1H3. The highest BCUT2D eigenvalue weighted by Crippen LogP contribution is 2.36. The molecule has 3 aliphatic rings. The molecule has 0 aromatic carbocycles. The Labute approximate surface area is 148 Å². The third-order valence-corrected chi connectivity index (χ3v) is 6.07. The van der Waals surface area contributed by atoms with Crippen molar-refractivity contribution in [1.82, 2.24) is 19.7 Å². The Morgan fingerprint density at radius 3 is 2.48 bits per heavy atom. The number of piperidine rings is 1. The second-order valence-electron chi connectivity index (χ2n) is 7.63. The molecule has 0 unspecified atom stereocenters. The average Bonchev–Trinajstić information content (AvgIpc) is 3.49. The minimum Gasteiger partial charge on any atom is -0.342 e. The summed E-state index contributed by atoms with van der Waals surface area (Å²) in [6.45, 7) is 3.68. The molecule has 6 nitrogen and oxygen atoms in total. The van der Waals surface area contributed by atoms with Gasteiger partial charge in [-0.3, -0.25) is 19.5 Å². The fraction of sp³-hybridized carbons (Fsp3) is 0.632. The van der Waals surface area contributed by atoms with Crippen LogP contribution in [0.1, 0.15) is 31.2 Å². The summed E-state index contributed by atoms with van der Waals surface area (Å²) in [6.07, 6.45) is 7.11. The lowest BCUT2D eigenvalue weighted by molar-refractivity contribution is -0.157. The van der Waals surface area contributed by atoms with Crippen LogP contribution in [-0.4, -0.2) is 70.3 Å². The van der Waals surface area contributed by atoms with Gasteiger partial charge in [0.1, 0.15) is 5.54 Å². The predicted molar refractivity (Wildman–Crippen MR) is 93.6 cm³/mol. The highest BCUT2D eigenvalue weighted by atomic mass is 16.2. The second kappa shape index (κ2) is 6.41. The first-order chi connectivity index (χ1) is 12.1. The van der Waals surface area contributed by atoms with Gasteiger partial charge in [0.2, 0.25) is 11.8 Å². The van der Waals surface area contributed by atoms with Crippen LogP contribution in [0.4, 0.5) is 0 Å². The van der Waals surface area contributed by atoms with Crippen molar-refractivity contribution >= 4 is 11.8 Å². The van der Waals surface area contributed by atoms with E-state index in [9.17, 15) is 9.59 Å². The van der Waals surface area contributed by atoms with Gasteiger partial charge in [0.25, 0.3) is 0 Å². The summed E-state index contributed by atoms with van der Waals surface area (Å²) in [5.41, 5.74) is 0.676. The zero-order chi connectivity index (χ0) is 17.4. The van der Waals surface area contributed by atoms with E-state index in [1.54, 1.807) is 12.4 Å². The molecule has 4 rings (SSSR count). The van der Waals surface area contributed by atoms with Crippen LogP contribution < -0.4 is 0 Å². The van der Waals surface area contributed by atoms with Gasteiger partial charge in [0.15, 0.2) is 0 Å². The molecule has 1 saturated carbocycles. The number of pyridine rings is 1. The molecule has 2 saturated heterocycles. The SMILES string of the molecule is CN1CCN(Cc2ccncc2)C(=O)C12CCN(C(=O)C1CC1)CC2. The average molecular weight is 342 g/mol. The smallest absolute Gasteiger partial charge is 0.243 e. The molecule has 1 spiro atoms. The molecule has 6 heteroatoms. The molecule has 0 atom stereocenters. The van der Waals surface area contributed by atoms with Gasteiger partial charge < -0.3 is 9.80 Å². The van der Waals surface area contributed by atoms with Crippen molar-refractivity contribution in [1.29, 1.82) is 0 Å². The molecule has 1 aliphatic carbocycles. The minimum absolute atomic E-state index is 0.219. The second-order valence-corrected chi connectivity index (χ2v) is 7.63. The number of hydrogen-bond donors (Lipinski definition) is 0. The van der Waals surface area contributed by atoms with Gasteiger partial charge in [-0.25, -0.2) is 0 Å². The van der Waals surface area contributed by atoms with Crippen molar-refractivity contribution in [2.45, 2.75) is 37.8 Å². The lowest BCUT2D eigenvalue weighted by Crippen LogP contribution is -2.67. The molecule has 134 valence electrons. The summed E-state index contributed by atoms with van der Waals surface area (Å²) in [5, 5.41) is 0. The first kappa shape index (κ1) is 16.5. The highest BCUT2D eigenvalue weighted by Gasteiger charge is 2.50. The van der Waals surface area contributed by atoms with Gasteiger partial charge in [0.05, 0.1) is 0 Å². The normalized spacial score (nSPS) is 24.0. The van der Waals surface area contributed by atoms with E-state index in [4.69, 9.17) is 0 Å². The van der Waals surface area contributed by atoms with Crippen LogP contribution in [0, 0.1) is 5.92 Å². The maximum absolute atomic E-state index is 13.3. The number of carbonyl (C=O) groups excluding carboxylic acids is 2. The Balaban J connectivity index is 1.46. The fourth-order valence-electron chi connectivity index (χ4n) is 4.18. The molecular weight excluding hydrogens is 316 g/mol. The van der Waals surface area contributed by atoms with Gasteiger partial charge in [-0.1, -0.05) is 0 Å². The summed E-state index contributed by atoms with van der Waals surface area (Å²) in [6, 6.07) is 3.93. The number of piperazine rings is 1. The molecular formula is C19H26N4O2. The highest BCUT2D eigenvalue weighted by molar-refractivity contribution is 5.88. The summed E-state index contributed by atoms with van der Waals surface area (Å²) < 4.78 is 0. The Hall–Kier alpha value is -1.95. The van der Waals surface area contributed by atoms with Gasteiger partial charge in [0, 0.05) is 51.0 Å². The Morgan fingerprint density at radius 2 is 1.84 bits per heavy atom. The van der Waals surface area contributed by atoms with Crippen LogP contribution in [0.5, 0.6) is 0 Å². The van der Waals surface area contributed by atoms with E-state index in [1.165, 1.54) is 0 Å². The van der Waals surface area contributed by atoms with Crippen molar-refractivity contribution < 1.29 is 9.59 Å². The van der Waals surface area contributed by atoms with E-state index >= 15 is 0 Å². The Morgan fingerprint density at radius 1 is 1.16 bits per heavy atom. The summed E-state index contributed by atoms with van der Waals surface area (Å²) >= 11 is 0. The first-order valence-electron chi connectivity index (χ1n) is 9.28. The zero-order valence-corrected chi connectivity index (χ0v) is 14.9. The lowest BCUT2D eigenvalue weighted by atomic mass is 9.82. The van der Waals surface area contributed by atoms with Crippen molar-refractivity contribution in [3.8, 4) is 0 Å². The largest absolute Gasteiger partial charge is 0.342 e. The van der Waals surface area contributed by atoms with E-state index < -0.39 is 5.54 Å². The van der Waals surface area contributed by atoms with Crippen LogP contribution in [0.3, 0.4) is 0 Å². The number of nitrogens with zero attached hydrogens (tertiary/aromatic N) is 4.